The zero-order valence-corrected chi connectivity index (χ0v) is 15.0. The van der Waals surface area contributed by atoms with E-state index in [1.54, 1.807) is 6.07 Å². The van der Waals surface area contributed by atoms with Crippen LogP contribution in [-0.2, 0) is 22.4 Å². The Morgan fingerprint density at radius 2 is 1.75 bits per heavy atom. The summed E-state index contributed by atoms with van der Waals surface area (Å²) < 4.78 is 0. The van der Waals surface area contributed by atoms with Gasteiger partial charge >= 0.3 is 0 Å². The summed E-state index contributed by atoms with van der Waals surface area (Å²) in [6.07, 6.45) is 0.179. The van der Waals surface area contributed by atoms with Gasteiger partial charge in [-0.3, -0.25) is 19.7 Å². The maximum absolute atomic E-state index is 12.4. The third kappa shape index (κ3) is 4.50. The first-order valence-electron chi connectivity index (χ1n) is 8.72. The lowest BCUT2D eigenvalue weighted by atomic mass is 9.98. The Balaban J connectivity index is 1.74. The predicted molar refractivity (Wildman–Crippen MR) is 106 cm³/mol. The summed E-state index contributed by atoms with van der Waals surface area (Å²) in [7, 11) is 0. The zero-order valence-electron chi connectivity index (χ0n) is 15.0. The van der Waals surface area contributed by atoms with Gasteiger partial charge in [-0.05, 0) is 21.9 Å². The van der Waals surface area contributed by atoms with E-state index in [0.29, 0.717) is 5.56 Å². The Hall–Kier alpha value is -3.74. The molecule has 1 atom stereocenters. The maximum atomic E-state index is 12.4. The van der Waals surface area contributed by atoms with Crippen LogP contribution in [0.1, 0.15) is 11.1 Å². The molecule has 0 unspecified atom stereocenters. The van der Waals surface area contributed by atoms with Crippen LogP contribution in [0.25, 0.3) is 10.8 Å². The molecule has 28 heavy (non-hydrogen) atoms. The second-order valence-corrected chi connectivity index (χ2v) is 6.47. The molecule has 0 saturated heterocycles. The van der Waals surface area contributed by atoms with Crippen molar-refractivity contribution < 1.29 is 14.5 Å². The summed E-state index contributed by atoms with van der Waals surface area (Å²) >= 11 is 0. The molecular weight excluding hydrogens is 358 g/mol. The highest BCUT2D eigenvalue weighted by Gasteiger charge is 2.20. The van der Waals surface area contributed by atoms with Gasteiger partial charge in [-0.1, -0.05) is 54.6 Å². The SMILES string of the molecule is NC(=O)[C@@H](Cc1cccc2ccccc12)NC(=O)Cc1cccc([N+](=O)[O-])c1. The fourth-order valence-corrected chi connectivity index (χ4v) is 3.12. The molecule has 142 valence electrons. The van der Waals surface area contributed by atoms with E-state index in [1.807, 2.05) is 42.5 Å². The first-order valence-corrected chi connectivity index (χ1v) is 8.72. The maximum Gasteiger partial charge on any atom is 0.269 e. The van der Waals surface area contributed by atoms with Crippen LogP contribution in [0, 0.1) is 10.1 Å². The molecule has 0 heterocycles. The molecule has 0 aliphatic heterocycles. The number of nitrogens with zero attached hydrogens (tertiary/aromatic N) is 1. The summed E-state index contributed by atoms with van der Waals surface area (Å²) in [5.41, 5.74) is 6.79. The molecule has 3 N–H and O–H groups in total. The quantitative estimate of drug-likeness (QED) is 0.486. The normalized spacial score (nSPS) is 11.7. The molecule has 3 rings (SSSR count). The van der Waals surface area contributed by atoms with Gasteiger partial charge < -0.3 is 11.1 Å². The number of rotatable bonds is 7. The fraction of sp³-hybridized carbons (Fsp3) is 0.143. The Morgan fingerprint density at radius 1 is 1.04 bits per heavy atom. The number of nitrogens with two attached hydrogens (primary N) is 1. The van der Waals surface area contributed by atoms with Crippen molar-refractivity contribution >= 4 is 28.3 Å². The molecule has 0 bridgehead atoms. The molecule has 2 amide bonds. The van der Waals surface area contributed by atoms with Crippen LogP contribution < -0.4 is 11.1 Å². The van der Waals surface area contributed by atoms with Gasteiger partial charge in [0.25, 0.3) is 5.69 Å². The molecule has 0 aliphatic rings. The first-order chi connectivity index (χ1) is 13.4. The topological polar surface area (TPSA) is 115 Å². The van der Waals surface area contributed by atoms with Crippen molar-refractivity contribution in [1.82, 2.24) is 5.32 Å². The fourth-order valence-electron chi connectivity index (χ4n) is 3.12. The number of primary amides is 1. The Morgan fingerprint density at radius 3 is 2.50 bits per heavy atom. The molecule has 7 heteroatoms. The van der Waals surface area contributed by atoms with Crippen LogP contribution in [-0.4, -0.2) is 22.8 Å². The lowest BCUT2D eigenvalue weighted by Crippen LogP contribution is -2.46. The minimum Gasteiger partial charge on any atom is -0.368 e. The summed E-state index contributed by atoms with van der Waals surface area (Å²) in [6.45, 7) is 0. The van der Waals surface area contributed by atoms with Gasteiger partial charge in [-0.25, -0.2) is 0 Å². The highest BCUT2D eigenvalue weighted by molar-refractivity contribution is 5.90. The lowest BCUT2D eigenvalue weighted by molar-refractivity contribution is -0.384. The Bertz CT molecular complexity index is 1040. The summed E-state index contributed by atoms with van der Waals surface area (Å²) in [6, 6.07) is 18.5. The molecule has 0 aliphatic carbocycles. The lowest BCUT2D eigenvalue weighted by Gasteiger charge is -2.17. The van der Waals surface area contributed by atoms with Crippen molar-refractivity contribution in [2.24, 2.45) is 5.73 Å². The number of benzene rings is 3. The van der Waals surface area contributed by atoms with Crippen LogP contribution in [0.5, 0.6) is 0 Å². The Labute approximate surface area is 161 Å². The van der Waals surface area contributed by atoms with Gasteiger partial charge in [0.2, 0.25) is 11.8 Å². The molecule has 7 nitrogen and oxygen atoms in total. The number of nitro benzene ring substituents is 1. The van der Waals surface area contributed by atoms with Crippen LogP contribution in [0.15, 0.2) is 66.7 Å². The number of carbonyl (C=O) groups excluding carboxylic acids is 2. The summed E-state index contributed by atoms with van der Waals surface area (Å²) in [5.74, 6) is -1.06. The smallest absolute Gasteiger partial charge is 0.269 e. The molecule has 0 saturated carbocycles. The molecular formula is C21H19N3O4. The molecule has 3 aromatic carbocycles. The van der Waals surface area contributed by atoms with Gasteiger partial charge in [-0.2, -0.15) is 0 Å². The Kier molecular flexibility index (Phi) is 5.64. The van der Waals surface area contributed by atoms with E-state index in [9.17, 15) is 19.7 Å². The molecule has 0 fully saturated rings. The number of hydrogen-bond donors (Lipinski definition) is 2. The number of fused-ring (bicyclic) bond motifs is 1. The second kappa shape index (κ2) is 8.30. The molecule has 0 spiro atoms. The summed E-state index contributed by atoms with van der Waals surface area (Å²) in [5, 5.41) is 15.5. The van der Waals surface area contributed by atoms with E-state index < -0.39 is 22.8 Å². The third-order valence-corrected chi connectivity index (χ3v) is 4.47. The van der Waals surface area contributed by atoms with Crippen LogP contribution >= 0.6 is 0 Å². The van der Waals surface area contributed by atoms with Crippen molar-refractivity contribution in [2.45, 2.75) is 18.9 Å². The van der Waals surface area contributed by atoms with E-state index in [-0.39, 0.29) is 18.5 Å². The van der Waals surface area contributed by atoms with E-state index in [2.05, 4.69) is 5.32 Å². The first kappa shape index (κ1) is 19.0. The van der Waals surface area contributed by atoms with Gasteiger partial charge in [0, 0.05) is 18.6 Å². The van der Waals surface area contributed by atoms with Crippen LogP contribution in [0.3, 0.4) is 0 Å². The van der Waals surface area contributed by atoms with Crippen molar-refractivity contribution in [1.29, 1.82) is 0 Å². The van der Waals surface area contributed by atoms with Crippen molar-refractivity contribution in [3.63, 3.8) is 0 Å². The minimum absolute atomic E-state index is 0.0823. The minimum atomic E-state index is -0.878. The van der Waals surface area contributed by atoms with Crippen molar-refractivity contribution in [3.8, 4) is 0 Å². The number of nitro groups is 1. The highest BCUT2D eigenvalue weighted by Crippen LogP contribution is 2.20. The standard InChI is InChI=1S/C21H19N3O4/c22-21(26)19(13-16-8-4-7-15-6-1-2-10-18(15)16)23-20(25)12-14-5-3-9-17(11-14)24(27)28/h1-11,19H,12-13H2,(H2,22,26)(H,23,25)/t19-/m1/s1. The monoisotopic (exact) mass is 377 g/mol. The van der Waals surface area contributed by atoms with Gasteiger partial charge in [0.15, 0.2) is 0 Å². The third-order valence-electron chi connectivity index (χ3n) is 4.47. The number of amides is 2. The van der Waals surface area contributed by atoms with E-state index >= 15 is 0 Å². The zero-order chi connectivity index (χ0) is 20.1. The number of nitrogens with one attached hydrogen (secondary N) is 1. The average molecular weight is 377 g/mol. The van der Waals surface area contributed by atoms with Crippen molar-refractivity contribution in [3.05, 3.63) is 88.0 Å². The number of hydrogen-bond acceptors (Lipinski definition) is 4. The van der Waals surface area contributed by atoms with Gasteiger partial charge in [0.05, 0.1) is 11.3 Å². The molecule has 0 aromatic heterocycles. The highest BCUT2D eigenvalue weighted by atomic mass is 16.6. The second-order valence-electron chi connectivity index (χ2n) is 6.47. The van der Waals surface area contributed by atoms with E-state index in [0.717, 1.165) is 16.3 Å². The van der Waals surface area contributed by atoms with E-state index in [4.69, 9.17) is 5.73 Å². The molecule has 0 radical (unpaired) electrons. The number of non-ortho nitro benzene ring substituents is 1. The average Bonchev–Trinajstić information content (AvgIpc) is 2.67. The summed E-state index contributed by atoms with van der Waals surface area (Å²) in [4.78, 5) is 34.6. The van der Waals surface area contributed by atoms with Crippen LogP contribution in [0.2, 0.25) is 0 Å². The van der Waals surface area contributed by atoms with Crippen LogP contribution in [0.4, 0.5) is 5.69 Å². The van der Waals surface area contributed by atoms with Gasteiger partial charge in [-0.15, -0.1) is 0 Å². The predicted octanol–water partition coefficient (Wildman–Crippen LogP) is 2.50. The largest absolute Gasteiger partial charge is 0.368 e. The van der Waals surface area contributed by atoms with Crippen molar-refractivity contribution in [2.75, 3.05) is 0 Å². The molecule has 3 aromatic rings. The van der Waals surface area contributed by atoms with Gasteiger partial charge in [0.1, 0.15) is 6.04 Å². The van der Waals surface area contributed by atoms with E-state index in [1.165, 1.54) is 18.2 Å². The number of carbonyl (C=O) groups is 2.